The van der Waals surface area contributed by atoms with Crippen LogP contribution in [0.3, 0.4) is 0 Å². The number of hydrogen-bond acceptors (Lipinski definition) is 6. The Balaban J connectivity index is 1.27. The minimum Gasteiger partial charge on any atom is -0.494 e. The molecule has 9 heteroatoms. The summed E-state index contributed by atoms with van der Waals surface area (Å²) < 4.78 is 37.8. The van der Waals surface area contributed by atoms with Crippen molar-refractivity contribution in [2.45, 2.75) is 24.7 Å². The SMILES string of the molecule is CCOc1ccc(S(=O)(=O)N2CCC(C(=O)OCC(=O)Nc3cccc4ccccc34)CC2)cc1. The zero-order valence-electron chi connectivity index (χ0n) is 19.5. The van der Waals surface area contributed by atoms with Gasteiger partial charge in [-0.2, -0.15) is 4.31 Å². The second kappa shape index (κ2) is 10.9. The van der Waals surface area contributed by atoms with E-state index in [4.69, 9.17) is 9.47 Å². The maximum Gasteiger partial charge on any atom is 0.309 e. The molecule has 3 aromatic carbocycles. The number of rotatable bonds is 8. The number of nitrogens with zero attached hydrogens (tertiary/aromatic N) is 1. The highest BCUT2D eigenvalue weighted by Crippen LogP contribution is 2.26. The van der Waals surface area contributed by atoms with E-state index in [1.165, 1.54) is 16.4 Å². The summed E-state index contributed by atoms with van der Waals surface area (Å²) in [5.41, 5.74) is 0.650. The standard InChI is InChI=1S/C26H28N2O6S/c1-2-33-21-10-12-22(13-11-21)35(31,32)28-16-14-20(15-17-28)26(30)34-18-25(29)27-24-9-5-7-19-6-3-4-8-23(19)24/h3-13,20H,2,14-18H2,1H3,(H,27,29). The van der Waals surface area contributed by atoms with Gasteiger partial charge in [-0.25, -0.2) is 8.42 Å². The lowest BCUT2D eigenvalue weighted by molar-refractivity contribution is -0.152. The molecule has 0 aliphatic carbocycles. The van der Waals surface area contributed by atoms with E-state index < -0.39 is 34.4 Å². The van der Waals surface area contributed by atoms with Gasteiger partial charge in [0, 0.05) is 24.2 Å². The number of ether oxygens (including phenoxy) is 2. The first-order valence-electron chi connectivity index (χ1n) is 11.6. The van der Waals surface area contributed by atoms with Gasteiger partial charge in [-0.05, 0) is 55.5 Å². The van der Waals surface area contributed by atoms with Crippen LogP contribution in [-0.2, 0) is 24.3 Å². The van der Waals surface area contributed by atoms with Crippen molar-refractivity contribution in [1.82, 2.24) is 4.31 Å². The summed E-state index contributed by atoms with van der Waals surface area (Å²) >= 11 is 0. The quantitative estimate of drug-likeness (QED) is 0.476. The first kappa shape index (κ1) is 24.7. The number of piperidine rings is 1. The Morgan fingerprint density at radius 1 is 0.971 bits per heavy atom. The van der Waals surface area contributed by atoms with E-state index in [1.807, 2.05) is 43.3 Å². The molecule has 0 aromatic heterocycles. The van der Waals surface area contributed by atoms with Gasteiger partial charge in [-0.3, -0.25) is 9.59 Å². The predicted octanol–water partition coefficient (Wildman–Crippen LogP) is 3.82. The molecule has 1 heterocycles. The molecule has 4 rings (SSSR count). The van der Waals surface area contributed by atoms with Gasteiger partial charge in [0.05, 0.1) is 17.4 Å². The highest BCUT2D eigenvalue weighted by Gasteiger charge is 2.33. The molecule has 0 atom stereocenters. The summed E-state index contributed by atoms with van der Waals surface area (Å²) in [4.78, 5) is 25.1. The average molecular weight is 497 g/mol. The molecule has 0 saturated carbocycles. The summed E-state index contributed by atoms with van der Waals surface area (Å²) in [6.07, 6.45) is 0.667. The van der Waals surface area contributed by atoms with Crippen LogP contribution >= 0.6 is 0 Å². The third-order valence-corrected chi connectivity index (χ3v) is 7.88. The summed E-state index contributed by atoms with van der Waals surface area (Å²) in [5, 5.41) is 4.68. The van der Waals surface area contributed by atoms with E-state index in [9.17, 15) is 18.0 Å². The molecule has 1 aliphatic rings. The van der Waals surface area contributed by atoms with E-state index in [0.29, 0.717) is 30.9 Å². The van der Waals surface area contributed by atoms with Crippen LogP contribution in [-0.4, -0.2) is 50.9 Å². The second-order valence-electron chi connectivity index (χ2n) is 8.27. The van der Waals surface area contributed by atoms with Crippen LogP contribution in [0.1, 0.15) is 19.8 Å². The maximum absolute atomic E-state index is 12.9. The fourth-order valence-electron chi connectivity index (χ4n) is 4.13. The third kappa shape index (κ3) is 5.80. The number of amides is 1. The Kier molecular flexibility index (Phi) is 7.67. The predicted molar refractivity (Wildman–Crippen MR) is 133 cm³/mol. The van der Waals surface area contributed by atoms with Gasteiger partial charge in [0.15, 0.2) is 6.61 Å². The minimum absolute atomic E-state index is 0.187. The van der Waals surface area contributed by atoms with Crippen molar-refractivity contribution in [3.05, 3.63) is 66.7 Å². The summed E-state index contributed by atoms with van der Waals surface area (Å²) in [6, 6.07) is 19.6. The fourth-order valence-corrected chi connectivity index (χ4v) is 5.60. The van der Waals surface area contributed by atoms with Crippen LogP contribution < -0.4 is 10.1 Å². The molecule has 1 aliphatic heterocycles. The number of esters is 1. The zero-order valence-corrected chi connectivity index (χ0v) is 20.3. The number of fused-ring (bicyclic) bond motifs is 1. The normalized spacial score (nSPS) is 15.0. The maximum atomic E-state index is 12.9. The van der Waals surface area contributed by atoms with E-state index in [1.54, 1.807) is 18.2 Å². The van der Waals surface area contributed by atoms with Gasteiger partial charge in [-0.15, -0.1) is 0 Å². The Bertz CT molecular complexity index is 1290. The van der Waals surface area contributed by atoms with E-state index in [2.05, 4.69) is 5.32 Å². The molecular weight excluding hydrogens is 468 g/mol. The van der Waals surface area contributed by atoms with Crippen molar-refractivity contribution >= 4 is 38.4 Å². The molecule has 1 saturated heterocycles. The first-order valence-corrected chi connectivity index (χ1v) is 13.0. The van der Waals surface area contributed by atoms with Crippen molar-refractivity contribution in [1.29, 1.82) is 0 Å². The fraction of sp³-hybridized carbons (Fsp3) is 0.308. The van der Waals surface area contributed by atoms with Crippen molar-refractivity contribution < 1.29 is 27.5 Å². The monoisotopic (exact) mass is 496 g/mol. The zero-order chi connectivity index (χ0) is 24.8. The van der Waals surface area contributed by atoms with Crippen molar-refractivity contribution in [2.24, 2.45) is 5.92 Å². The molecule has 0 radical (unpaired) electrons. The molecule has 35 heavy (non-hydrogen) atoms. The van der Waals surface area contributed by atoms with Crippen LogP contribution in [0.15, 0.2) is 71.6 Å². The van der Waals surface area contributed by atoms with Gasteiger partial charge in [-0.1, -0.05) is 36.4 Å². The number of nitrogens with one attached hydrogen (secondary N) is 1. The van der Waals surface area contributed by atoms with Crippen LogP contribution in [0.5, 0.6) is 5.75 Å². The third-order valence-electron chi connectivity index (χ3n) is 5.97. The van der Waals surface area contributed by atoms with Gasteiger partial charge < -0.3 is 14.8 Å². The van der Waals surface area contributed by atoms with Crippen LogP contribution in [0.2, 0.25) is 0 Å². The second-order valence-corrected chi connectivity index (χ2v) is 10.2. The molecule has 1 fully saturated rings. The molecule has 184 valence electrons. The van der Waals surface area contributed by atoms with E-state index >= 15 is 0 Å². The van der Waals surface area contributed by atoms with E-state index in [-0.39, 0.29) is 18.0 Å². The largest absolute Gasteiger partial charge is 0.494 e. The lowest BCUT2D eigenvalue weighted by Gasteiger charge is -2.30. The van der Waals surface area contributed by atoms with Crippen LogP contribution in [0.4, 0.5) is 5.69 Å². The van der Waals surface area contributed by atoms with Crippen molar-refractivity contribution in [3.63, 3.8) is 0 Å². The first-order chi connectivity index (χ1) is 16.9. The highest BCUT2D eigenvalue weighted by atomic mass is 32.2. The Labute approximate surface area is 204 Å². The van der Waals surface area contributed by atoms with E-state index in [0.717, 1.165) is 10.8 Å². The lowest BCUT2D eigenvalue weighted by Crippen LogP contribution is -2.40. The number of sulfonamides is 1. The molecule has 1 N–H and O–H groups in total. The van der Waals surface area contributed by atoms with Crippen molar-refractivity contribution in [2.75, 3.05) is 31.6 Å². The minimum atomic E-state index is -3.66. The molecular formula is C26H28N2O6S. The Hall–Kier alpha value is -3.43. The number of carbonyl (C=O) groups is 2. The molecule has 0 bridgehead atoms. The van der Waals surface area contributed by atoms with Gasteiger partial charge in [0.2, 0.25) is 10.0 Å². The summed E-state index contributed by atoms with van der Waals surface area (Å²) in [7, 11) is -3.66. The lowest BCUT2D eigenvalue weighted by atomic mass is 9.98. The number of benzene rings is 3. The molecule has 8 nitrogen and oxygen atoms in total. The molecule has 0 unspecified atom stereocenters. The topological polar surface area (TPSA) is 102 Å². The number of carbonyl (C=O) groups excluding carboxylic acids is 2. The summed E-state index contributed by atoms with van der Waals surface area (Å²) in [6.45, 7) is 2.37. The van der Waals surface area contributed by atoms with Gasteiger partial charge in [0.1, 0.15) is 5.75 Å². The number of hydrogen-bond donors (Lipinski definition) is 1. The smallest absolute Gasteiger partial charge is 0.309 e. The average Bonchev–Trinajstić information content (AvgIpc) is 2.88. The highest BCUT2D eigenvalue weighted by molar-refractivity contribution is 7.89. The molecule has 0 spiro atoms. The Morgan fingerprint density at radius 2 is 1.66 bits per heavy atom. The van der Waals surface area contributed by atoms with Crippen LogP contribution in [0, 0.1) is 5.92 Å². The molecule has 1 amide bonds. The number of anilines is 1. The molecule has 3 aromatic rings. The van der Waals surface area contributed by atoms with Gasteiger partial charge >= 0.3 is 5.97 Å². The van der Waals surface area contributed by atoms with Crippen molar-refractivity contribution in [3.8, 4) is 5.75 Å². The van der Waals surface area contributed by atoms with Crippen LogP contribution in [0.25, 0.3) is 10.8 Å². The Morgan fingerprint density at radius 3 is 2.37 bits per heavy atom. The summed E-state index contributed by atoms with van der Waals surface area (Å²) in [5.74, 6) is -0.758. The van der Waals surface area contributed by atoms with Gasteiger partial charge in [0.25, 0.3) is 5.91 Å².